The molecule has 0 fully saturated rings. The highest BCUT2D eigenvalue weighted by atomic mass is 16.3. The van der Waals surface area contributed by atoms with Gasteiger partial charge in [-0.15, -0.1) is 0 Å². The molecule has 1 aliphatic heterocycles. The number of rotatable bonds is 16. The highest BCUT2D eigenvalue weighted by molar-refractivity contribution is 6.08. The molecule has 5 aromatic carbocycles. The number of para-hydroxylation sites is 2. The van der Waals surface area contributed by atoms with E-state index >= 15 is 0 Å². The van der Waals surface area contributed by atoms with Gasteiger partial charge in [0.1, 0.15) is 0 Å². The Morgan fingerprint density at radius 1 is 0.741 bits per heavy atom. The second-order valence-corrected chi connectivity index (χ2v) is 13.1. The molecule has 10 nitrogen and oxygen atoms in total. The first kappa shape index (κ1) is 37.4. The van der Waals surface area contributed by atoms with Crippen LogP contribution in [0.25, 0.3) is 0 Å². The minimum Gasteiger partial charge on any atom is -0.395 e. The SMILES string of the molecule is C[C@H](/C=C/CC(=O)N(CCO)Cc1ccccc1)[C@@]1(O)C(=O)N(Cc2ccc(N(C=O)c3ccccc3)cc2)c2ccc(N(C=O)c3ccccc3)cc21. The molecule has 5 aromatic rings. The smallest absolute Gasteiger partial charge is 0.264 e. The summed E-state index contributed by atoms with van der Waals surface area (Å²) in [6.07, 6.45) is 4.74. The lowest BCUT2D eigenvalue weighted by molar-refractivity contribution is -0.139. The zero-order chi connectivity index (χ0) is 38.1. The minimum absolute atomic E-state index is 0.00187. The molecule has 2 atom stereocenters. The molecule has 1 aliphatic rings. The van der Waals surface area contributed by atoms with Crippen molar-refractivity contribution in [1.82, 2.24) is 4.90 Å². The fourth-order valence-electron chi connectivity index (χ4n) is 6.76. The van der Waals surface area contributed by atoms with Crippen LogP contribution in [-0.4, -0.2) is 52.9 Å². The van der Waals surface area contributed by atoms with E-state index in [1.165, 1.54) is 14.7 Å². The Kier molecular flexibility index (Phi) is 11.8. The normalized spacial score (nSPS) is 15.5. The van der Waals surface area contributed by atoms with Gasteiger partial charge in [0.2, 0.25) is 18.7 Å². The van der Waals surface area contributed by atoms with E-state index in [0.717, 1.165) is 17.5 Å². The van der Waals surface area contributed by atoms with Gasteiger partial charge < -0.3 is 20.0 Å². The molecular weight excluding hydrogens is 681 g/mol. The van der Waals surface area contributed by atoms with E-state index in [2.05, 4.69) is 0 Å². The molecule has 0 spiro atoms. The number of amides is 4. The molecule has 0 saturated carbocycles. The van der Waals surface area contributed by atoms with Crippen LogP contribution in [0.5, 0.6) is 0 Å². The fraction of sp³-hybridized carbons (Fsp3) is 0.182. The van der Waals surface area contributed by atoms with Crippen LogP contribution < -0.4 is 14.7 Å². The first-order valence-electron chi connectivity index (χ1n) is 17.7. The van der Waals surface area contributed by atoms with Gasteiger partial charge in [0.25, 0.3) is 5.91 Å². The Balaban J connectivity index is 1.29. The van der Waals surface area contributed by atoms with Crippen molar-refractivity contribution in [2.45, 2.75) is 32.0 Å². The number of nitrogens with zero attached hydrogens (tertiary/aromatic N) is 4. The van der Waals surface area contributed by atoms with Crippen molar-refractivity contribution in [2.75, 3.05) is 27.9 Å². The maximum absolute atomic E-state index is 14.5. The Hall–Kier alpha value is -6.36. The third-order valence-electron chi connectivity index (χ3n) is 9.68. The van der Waals surface area contributed by atoms with Gasteiger partial charge >= 0.3 is 0 Å². The molecule has 4 amide bonds. The molecule has 0 saturated heterocycles. The van der Waals surface area contributed by atoms with E-state index in [1.807, 2.05) is 91.0 Å². The molecule has 274 valence electrons. The summed E-state index contributed by atoms with van der Waals surface area (Å²) < 4.78 is 0. The van der Waals surface area contributed by atoms with E-state index < -0.39 is 17.4 Å². The number of carbonyl (C=O) groups excluding carboxylic acids is 4. The van der Waals surface area contributed by atoms with Gasteiger partial charge in [0, 0.05) is 53.7 Å². The zero-order valence-electron chi connectivity index (χ0n) is 29.9. The summed E-state index contributed by atoms with van der Waals surface area (Å²) in [5, 5.41) is 22.1. The largest absolute Gasteiger partial charge is 0.395 e. The van der Waals surface area contributed by atoms with Crippen molar-refractivity contribution in [2.24, 2.45) is 5.92 Å². The second-order valence-electron chi connectivity index (χ2n) is 13.1. The number of carbonyl (C=O) groups is 4. The standard InChI is InChI=1S/C44H42N4O6/c1-33(12-11-19-42(52)45(26-27-49)29-34-13-5-2-6-14-34)44(54)40-28-39(48(32-51)37-17-9-4-10-18-37)24-25-41(40)46(43(44)53)30-35-20-22-38(23-21-35)47(31-50)36-15-7-3-8-16-36/h2-18,20-25,28,31-33,49,54H,19,26-27,29-30H2,1H3/b12-11+/t33-,44+/m1/s1. The van der Waals surface area contributed by atoms with Gasteiger partial charge in [0.05, 0.1) is 18.8 Å². The van der Waals surface area contributed by atoms with E-state index in [-0.39, 0.29) is 32.0 Å². The monoisotopic (exact) mass is 722 g/mol. The summed E-state index contributed by atoms with van der Waals surface area (Å²) in [6.45, 7) is 2.16. The van der Waals surface area contributed by atoms with Crippen LogP contribution in [0, 0.1) is 5.92 Å². The maximum atomic E-state index is 14.5. The van der Waals surface area contributed by atoms with Crippen LogP contribution in [0.15, 0.2) is 146 Å². The zero-order valence-corrected chi connectivity index (χ0v) is 29.9. The molecule has 0 aliphatic carbocycles. The highest BCUT2D eigenvalue weighted by Crippen LogP contribution is 2.47. The lowest BCUT2D eigenvalue weighted by Gasteiger charge is -2.28. The topological polar surface area (TPSA) is 122 Å². The first-order chi connectivity index (χ1) is 26.3. The van der Waals surface area contributed by atoms with Crippen LogP contribution in [0.2, 0.25) is 0 Å². The highest BCUT2D eigenvalue weighted by Gasteiger charge is 2.52. The molecule has 10 heteroatoms. The van der Waals surface area contributed by atoms with Gasteiger partial charge in [-0.1, -0.05) is 97.9 Å². The van der Waals surface area contributed by atoms with Gasteiger partial charge in [-0.25, -0.2) is 0 Å². The number of hydrogen-bond donors (Lipinski definition) is 2. The predicted molar refractivity (Wildman–Crippen MR) is 209 cm³/mol. The van der Waals surface area contributed by atoms with Gasteiger partial charge in [-0.2, -0.15) is 0 Å². The number of hydrogen-bond acceptors (Lipinski definition) is 6. The van der Waals surface area contributed by atoms with Gasteiger partial charge in [0.15, 0.2) is 5.60 Å². The van der Waals surface area contributed by atoms with Crippen LogP contribution in [0.3, 0.4) is 0 Å². The number of anilines is 5. The Morgan fingerprint density at radius 2 is 1.28 bits per heavy atom. The third-order valence-corrected chi connectivity index (χ3v) is 9.68. The molecule has 0 bridgehead atoms. The quantitative estimate of drug-likeness (QED) is 0.0874. The van der Waals surface area contributed by atoms with E-state index in [4.69, 9.17) is 0 Å². The van der Waals surface area contributed by atoms with Crippen LogP contribution >= 0.6 is 0 Å². The lowest BCUT2D eigenvalue weighted by Crippen LogP contribution is -2.44. The van der Waals surface area contributed by atoms with Crippen molar-refractivity contribution in [1.29, 1.82) is 0 Å². The Bertz CT molecular complexity index is 2090. The predicted octanol–water partition coefficient (Wildman–Crippen LogP) is 6.61. The van der Waals surface area contributed by atoms with Crippen molar-refractivity contribution in [3.05, 3.63) is 162 Å². The average molecular weight is 723 g/mol. The maximum Gasteiger partial charge on any atom is 0.264 e. The lowest BCUT2D eigenvalue weighted by atomic mass is 9.82. The molecule has 6 rings (SSSR count). The molecule has 54 heavy (non-hydrogen) atoms. The van der Waals surface area contributed by atoms with E-state index in [9.17, 15) is 29.4 Å². The number of fused-ring (bicyclic) bond motifs is 1. The minimum atomic E-state index is -2.04. The summed E-state index contributed by atoms with van der Waals surface area (Å²) in [5.74, 6) is -1.55. The average Bonchev–Trinajstić information content (AvgIpc) is 3.42. The van der Waals surface area contributed by atoms with Crippen LogP contribution in [0.4, 0.5) is 28.4 Å². The molecule has 0 radical (unpaired) electrons. The fourth-order valence-corrected chi connectivity index (χ4v) is 6.76. The number of benzene rings is 5. The molecule has 0 unspecified atom stereocenters. The van der Waals surface area contributed by atoms with Gasteiger partial charge in [-0.05, 0) is 65.7 Å². The van der Waals surface area contributed by atoms with E-state index in [1.54, 1.807) is 66.4 Å². The van der Waals surface area contributed by atoms with Crippen molar-refractivity contribution in [3.63, 3.8) is 0 Å². The summed E-state index contributed by atoms with van der Waals surface area (Å²) >= 11 is 0. The summed E-state index contributed by atoms with van der Waals surface area (Å²) in [4.78, 5) is 58.2. The summed E-state index contributed by atoms with van der Waals surface area (Å²) in [5.41, 5.74) is 2.93. The van der Waals surface area contributed by atoms with Gasteiger partial charge in [-0.3, -0.25) is 29.0 Å². The molecule has 0 aromatic heterocycles. The second kappa shape index (κ2) is 17.0. The Morgan fingerprint density at radius 3 is 1.85 bits per heavy atom. The third kappa shape index (κ3) is 7.85. The van der Waals surface area contributed by atoms with Crippen molar-refractivity contribution < 1.29 is 29.4 Å². The number of aliphatic hydroxyl groups is 2. The van der Waals surface area contributed by atoms with Crippen molar-refractivity contribution >= 4 is 53.1 Å². The summed E-state index contributed by atoms with van der Waals surface area (Å²) in [6, 6.07) is 40.2. The summed E-state index contributed by atoms with van der Waals surface area (Å²) in [7, 11) is 0. The van der Waals surface area contributed by atoms with Crippen LogP contribution in [-0.2, 0) is 37.9 Å². The Labute approximate surface area is 314 Å². The van der Waals surface area contributed by atoms with Crippen LogP contribution in [0.1, 0.15) is 30.0 Å². The van der Waals surface area contributed by atoms with E-state index in [0.29, 0.717) is 47.0 Å². The number of aliphatic hydroxyl groups excluding tert-OH is 1. The van der Waals surface area contributed by atoms with Crippen molar-refractivity contribution in [3.8, 4) is 0 Å². The molecule has 1 heterocycles. The molecular formula is C44H42N4O6. The first-order valence-corrected chi connectivity index (χ1v) is 17.7. The molecule has 2 N–H and O–H groups in total.